The summed E-state index contributed by atoms with van der Waals surface area (Å²) in [5.74, 6) is 2.65. The first-order valence-corrected chi connectivity index (χ1v) is 9.00. The van der Waals surface area contributed by atoms with E-state index >= 15 is 0 Å². The molecule has 0 saturated heterocycles. The monoisotopic (exact) mass is 359 g/mol. The number of hydrogen-bond acceptors (Lipinski definition) is 7. The van der Waals surface area contributed by atoms with Gasteiger partial charge in [-0.25, -0.2) is 9.97 Å². The van der Waals surface area contributed by atoms with Gasteiger partial charge in [0.05, 0.1) is 11.5 Å². The molecular weight excluding hydrogens is 338 g/mol. The highest BCUT2D eigenvalue weighted by Gasteiger charge is 2.25. The van der Waals surface area contributed by atoms with E-state index in [0.29, 0.717) is 22.4 Å². The van der Waals surface area contributed by atoms with Crippen LogP contribution in [0.5, 0.6) is 0 Å². The van der Waals surface area contributed by atoms with E-state index in [1.54, 1.807) is 12.3 Å². The van der Waals surface area contributed by atoms with Crippen molar-refractivity contribution in [2.24, 2.45) is 0 Å². The van der Waals surface area contributed by atoms with Crippen LogP contribution in [-0.2, 0) is 0 Å². The maximum Gasteiger partial charge on any atom is 0.171 e. The van der Waals surface area contributed by atoms with E-state index in [1.807, 2.05) is 19.1 Å². The molecule has 1 saturated carbocycles. The Morgan fingerprint density at radius 3 is 3.04 bits per heavy atom. The molecule has 0 amide bonds. The highest BCUT2D eigenvalue weighted by molar-refractivity contribution is 7.15. The number of aliphatic hydroxyl groups excluding tert-OH is 2. The van der Waals surface area contributed by atoms with Crippen molar-refractivity contribution >= 4 is 23.0 Å². The quantitative estimate of drug-likeness (QED) is 0.539. The number of rotatable bonds is 6. The predicted molar refractivity (Wildman–Crippen MR) is 98.1 cm³/mol. The highest BCUT2D eigenvalue weighted by Crippen LogP contribution is 2.39. The van der Waals surface area contributed by atoms with Crippen LogP contribution in [0, 0.1) is 6.92 Å². The largest absolute Gasteiger partial charge is 0.393 e. The third-order valence-corrected chi connectivity index (χ3v) is 5.36. The van der Waals surface area contributed by atoms with Crippen LogP contribution < -0.4 is 5.32 Å². The molecule has 132 valence electrons. The fraction of sp³-hybridized carbons (Fsp3) is 0.353. The van der Waals surface area contributed by atoms with Crippen LogP contribution >= 0.6 is 11.3 Å². The minimum Gasteiger partial charge on any atom is -0.393 e. The molecule has 1 atom stereocenters. The lowest BCUT2D eigenvalue weighted by Crippen LogP contribution is -2.00. The second-order valence-corrected chi connectivity index (χ2v) is 7.35. The summed E-state index contributed by atoms with van der Waals surface area (Å²) in [5, 5.41) is 29.4. The van der Waals surface area contributed by atoms with Crippen LogP contribution in [0.4, 0.5) is 11.6 Å². The van der Waals surface area contributed by atoms with Crippen molar-refractivity contribution < 1.29 is 11.6 Å². The summed E-state index contributed by atoms with van der Waals surface area (Å²) in [6, 6.07) is 5.67. The Hall–Kier alpha value is -2.29. The zero-order valence-electron chi connectivity index (χ0n) is 13.7. The summed E-state index contributed by atoms with van der Waals surface area (Å²) in [7, 11) is 0. The van der Waals surface area contributed by atoms with Gasteiger partial charge in [-0.1, -0.05) is 0 Å². The van der Waals surface area contributed by atoms with Gasteiger partial charge in [0.15, 0.2) is 11.6 Å². The van der Waals surface area contributed by atoms with E-state index in [1.165, 1.54) is 24.2 Å². The molecule has 8 heteroatoms. The molecule has 3 heterocycles. The van der Waals surface area contributed by atoms with Gasteiger partial charge in [-0.3, -0.25) is 5.10 Å². The Balaban J connectivity index is 0.00000196. The number of nitrogens with zero attached hydrogens (tertiary/aromatic N) is 3. The topological polar surface area (TPSA) is 107 Å². The Morgan fingerprint density at radius 1 is 1.44 bits per heavy atom. The Kier molecular flexibility index (Phi) is 4.24. The molecule has 3 aromatic rings. The lowest BCUT2D eigenvalue weighted by Gasteiger charge is -2.07. The SMILES string of the molecule is Cc1cnc(-c2ccc(C(O)CO)s2)nc1Nc1cc(C2CC2)[nH]n1.[HH]. The highest BCUT2D eigenvalue weighted by atomic mass is 32.1. The van der Waals surface area contributed by atoms with Crippen LogP contribution in [0.25, 0.3) is 10.7 Å². The Morgan fingerprint density at radius 2 is 2.28 bits per heavy atom. The molecule has 3 aromatic heterocycles. The van der Waals surface area contributed by atoms with E-state index in [9.17, 15) is 5.11 Å². The minimum absolute atomic E-state index is 0. The average Bonchev–Trinajstić information content (AvgIpc) is 3.17. The summed E-state index contributed by atoms with van der Waals surface area (Å²) >= 11 is 1.37. The van der Waals surface area contributed by atoms with E-state index in [-0.39, 0.29) is 8.03 Å². The molecule has 4 N–H and O–H groups in total. The average molecular weight is 359 g/mol. The van der Waals surface area contributed by atoms with Gasteiger partial charge in [-0.05, 0) is 31.9 Å². The van der Waals surface area contributed by atoms with Gasteiger partial charge in [-0.2, -0.15) is 5.10 Å². The zero-order valence-corrected chi connectivity index (χ0v) is 14.5. The molecule has 1 aliphatic carbocycles. The number of aryl methyl sites for hydroxylation is 1. The summed E-state index contributed by atoms with van der Waals surface area (Å²) in [4.78, 5) is 10.5. The van der Waals surface area contributed by atoms with Gasteiger partial charge < -0.3 is 15.5 Å². The second kappa shape index (κ2) is 6.55. The van der Waals surface area contributed by atoms with Crippen molar-refractivity contribution in [2.45, 2.75) is 31.8 Å². The number of aromatic nitrogens is 4. The molecule has 0 bridgehead atoms. The number of hydrogen-bond donors (Lipinski definition) is 4. The molecule has 0 radical (unpaired) electrons. The summed E-state index contributed by atoms with van der Waals surface area (Å²) in [6.45, 7) is 1.64. The van der Waals surface area contributed by atoms with Gasteiger partial charge in [0, 0.05) is 35.7 Å². The van der Waals surface area contributed by atoms with E-state index in [4.69, 9.17) is 5.11 Å². The number of H-pyrrole nitrogens is 1. The molecule has 0 spiro atoms. The predicted octanol–water partition coefficient (Wildman–Crippen LogP) is 3.13. The third kappa shape index (κ3) is 3.41. The van der Waals surface area contributed by atoms with Gasteiger partial charge in [0.2, 0.25) is 0 Å². The summed E-state index contributed by atoms with van der Waals surface area (Å²) < 4.78 is 0. The van der Waals surface area contributed by atoms with Crippen LogP contribution in [0.2, 0.25) is 0 Å². The molecular formula is C17H21N5O2S. The lowest BCUT2D eigenvalue weighted by atomic mass is 10.3. The molecule has 1 unspecified atom stereocenters. The maximum absolute atomic E-state index is 9.73. The normalized spacial score (nSPS) is 15.3. The standard InChI is InChI=1S/C17H19N5O2S.H2/c1-9-7-18-17(14-5-4-13(25-14)12(24)8-23)20-16(9)19-15-6-11(21-22-15)10-2-3-10;/h4-7,10,12,23-24H,2-3,8H2,1H3,(H2,18,19,20,21,22);1H. The second-order valence-electron chi connectivity index (χ2n) is 6.23. The first-order chi connectivity index (χ1) is 12.1. The lowest BCUT2D eigenvalue weighted by molar-refractivity contribution is 0.0984. The number of aromatic amines is 1. The number of thiophene rings is 1. The fourth-order valence-electron chi connectivity index (χ4n) is 2.55. The molecule has 1 aliphatic rings. The first kappa shape index (κ1) is 16.2. The van der Waals surface area contributed by atoms with E-state index < -0.39 is 6.10 Å². The van der Waals surface area contributed by atoms with Crippen molar-refractivity contribution in [1.29, 1.82) is 0 Å². The van der Waals surface area contributed by atoms with E-state index in [0.717, 1.165) is 22.0 Å². The van der Waals surface area contributed by atoms with Crippen molar-refractivity contribution in [3.05, 3.63) is 40.5 Å². The molecule has 25 heavy (non-hydrogen) atoms. The minimum atomic E-state index is -0.869. The Labute approximate surface area is 150 Å². The maximum atomic E-state index is 9.73. The van der Waals surface area contributed by atoms with Crippen molar-refractivity contribution in [2.75, 3.05) is 11.9 Å². The molecule has 0 aliphatic heterocycles. The van der Waals surface area contributed by atoms with Crippen LogP contribution in [0.3, 0.4) is 0 Å². The van der Waals surface area contributed by atoms with Gasteiger partial charge >= 0.3 is 0 Å². The molecule has 1 fully saturated rings. The van der Waals surface area contributed by atoms with Crippen molar-refractivity contribution in [3.63, 3.8) is 0 Å². The Bertz CT molecular complexity index is 893. The molecule has 7 nitrogen and oxygen atoms in total. The smallest absolute Gasteiger partial charge is 0.171 e. The third-order valence-electron chi connectivity index (χ3n) is 4.18. The number of anilines is 2. The fourth-order valence-corrected chi connectivity index (χ4v) is 3.48. The van der Waals surface area contributed by atoms with Crippen LogP contribution in [0.1, 0.15) is 42.4 Å². The number of aliphatic hydroxyl groups is 2. The van der Waals surface area contributed by atoms with Gasteiger partial charge in [-0.15, -0.1) is 11.3 Å². The molecule has 0 aromatic carbocycles. The zero-order chi connectivity index (χ0) is 17.4. The summed E-state index contributed by atoms with van der Waals surface area (Å²) in [6.07, 6.45) is 3.34. The van der Waals surface area contributed by atoms with Crippen molar-refractivity contribution in [1.82, 2.24) is 20.2 Å². The van der Waals surface area contributed by atoms with Crippen LogP contribution in [-0.4, -0.2) is 37.0 Å². The molecule has 4 rings (SSSR count). The number of nitrogens with one attached hydrogen (secondary N) is 2. The van der Waals surface area contributed by atoms with E-state index in [2.05, 4.69) is 25.5 Å². The van der Waals surface area contributed by atoms with Gasteiger partial charge in [0.25, 0.3) is 0 Å². The van der Waals surface area contributed by atoms with Crippen LogP contribution in [0.15, 0.2) is 24.4 Å². The van der Waals surface area contributed by atoms with Gasteiger partial charge in [0.1, 0.15) is 11.9 Å². The van der Waals surface area contributed by atoms with Crippen molar-refractivity contribution in [3.8, 4) is 10.7 Å². The summed E-state index contributed by atoms with van der Waals surface area (Å²) in [5.41, 5.74) is 2.09. The first-order valence-electron chi connectivity index (χ1n) is 8.19.